The summed E-state index contributed by atoms with van der Waals surface area (Å²) in [6.07, 6.45) is 13.1. The first kappa shape index (κ1) is 15.9. The van der Waals surface area contributed by atoms with Crippen LogP contribution in [0.1, 0.15) is 71.1 Å². The predicted octanol–water partition coefficient (Wildman–Crippen LogP) is 3.88. The number of hydrogen-bond acceptors (Lipinski definition) is 2. The molecule has 0 aliphatic carbocycles. The second-order valence-electron chi connectivity index (χ2n) is 4.58. The van der Waals surface area contributed by atoms with Crippen molar-refractivity contribution >= 4 is 0 Å². The fraction of sp³-hybridized carbons (Fsp3) is 1.00. The van der Waals surface area contributed by atoms with Gasteiger partial charge in [0.25, 0.3) is 0 Å². The first-order valence-electron chi connectivity index (χ1n) is 7.19. The van der Waals surface area contributed by atoms with Crippen LogP contribution >= 0.6 is 0 Å². The summed E-state index contributed by atoms with van der Waals surface area (Å²) in [4.78, 5) is 0. The molecule has 0 fully saturated rings. The second-order valence-corrected chi connectivity index (χ2v) is 4.58. The Morgan fingerprint density at radius 3 is 1.75 bits per heavy atom. The summed E-state index contributed by atoms with van der Waals surface area (Å²) in [6, 6.07) is 0. The van der Waals surface area contributed by atoms with Gasteiger partial charge in [-0.2, -0.15) is 0 Å². The zero-order valence-electron chi connectivity index (χ0n) is 11.2. The van der Waals surface area contributed by atoms with Crippen LogP contribution in [0.2, 0.25) is 0 Å². The molecule has 0 aliphatic heterocycles. The van der Waals surface area contributed by atoms with Gasteiger partial charge in [-0.15, -0.1) is 0 Å². The molecule has 16 heavy (non-hydrogen) atoms. The van der Waals surface area contributed by atoms with Crippen molar-refractivity contribution in [2.45, 2.75) is 71.1 Å². The smallest absolute Gasteiger partial charge is 0.0466 e. The number of nitrogens with two attached hydrogens (primary N) is 1. The zero-order chi connectivity index (χ0) is 11.9. The first-order chi connectivity index (χ1) is 7.91. The maximum atomic E-state index is 5.52. The van der Waals surface area contributed by atoms with Gasteiger partial charge in [-0.1, -0.05) is 51.9 Å². The molecule has 0 saturated carbocycles. The van der Waals surface area contributed by atoms with Crippen LogP contribution in [0.5, 0.6) is 0 Å². The van der Waals surface area contributed by atoms with Crippen LogP contribution in [0.25, 0.3) is 0 Å². The molecule has 0 aromatic rings. The van der Waals surface area contributed by atoms with Crippen LogP contribution in [0, 0.1) is 0 Å². The number of rotatable bonds is 13. The lowest BCUT2D eigenvalue weighted by molar-refractivity contribution is 0.127. The molecular formula is C14H31NO. The van der Waals surface area contributed by atoms with Gasteiger partial charge in [0.15, 0.2) is 0 Å². The van der Waals surface area contributed by atoms with Crippen molar-refractivity contribution in [3.05, 3.63) is 0 Å². The van der Waals surface area contributed by atoms with Crippen LogP contribution in [0.15, 0.2) is 0 Å². The monoisotopic (exact) mass is 229 g/mol. The van der Waals surface area contributed by atoms with Crippen LogP contribution in [0.3, 0.4) is 0 Å². The molecule has 2 heteroatoms. The average molecular weight is 229 g/mol. The van der Waals surface area contributed by atoms with Gasteiger partial charge < -0.3 is 10.5 Å². The Kier molecular flexibility index (Phi) is 14.8. The van der Waals surface area contributed by atoms with Gasteiger partial charge in [-0.3, -0.25) is 0 Å². The molecule has 98 valence electrons. The van der Waals surface area contributed by atoms with Gasteiger partial charge in [0.2, 0.25) is 0 Å². The molecule has 0 radical (unpaired) electrons. The van der Waals surface area contributed by atoms with Gasteiger partial charge in [-0.05, 0) is 25.8 Å². The van der Waals surface area contributed by atoms with Crippen LogP contribution in [-0.4, -0.2) is 19.8 Å². The molecule has 0 heterocycles. The molecule has 0 bridgehead atoms. The second kappa shape index (κ2) is 14.9. The SMILES string of the molecule is CCCCOCCCCCCCCCCN. The van der Waals surface area contributed by atoms with Crippen molar-refractivity contribution in [3.8, 4) is 0 Å². The van der Waals surface area contributed by atoms with Crippen LogP contribution < -0.4 is 5.73 Å². The highest BCUT2D eigenvalue weighted by molar-refractivity contribution is 4.47. The summed E-state index contributed by atoms with van der Waals surface area (Å²) in [7, 11) is 0. The van der Waals surface area contributed by atoms with Gasteiger partial charge >= 0.3 is 0 Å². The van der Waals surface area contributed by atoms with E-state index in [0.29, 0.717) is 0 Å². The molecule has 0 amide bonds. The third-order valence-electron chi connectivity index (χ3n) is 2.89. The fourth-order valence-electron chi connectivity index (χ4n) is 1.76. The van der Waals surface area contributed by atoms with E-state index in [-0.39, 0.29) is 0 Å². The third-order valence-corrected chi connectivity index (χ3v) is 2.89. The van der Waals surface area contributed by atoms with Gasteiger partial charge in [-0.25, -0.2) is 0 Å². The van der Waals surface area contributed by atoms with Crippen molar-refractivity contribution in [2.24, 2.45) is 5.73 Å². The molecule has 2 nitrogen and oxygen atoms in total. The van der Waals surface area contributed by atoms with E-state index in [1.165, 1.54) is 64.2 Å². The highest BCUT2D eigenvalue weighted by Gasteiger charge is 1.92. The Bertz CT molecular complexity index is 103. The van der Waals surface area contributed by atoms with Gasteiger partial charge in [0.05, 0.1) is 0 Å². The lowest BCUT2D eigenvalue weighted by atomic mass is 10.1. The minimum Gasteiger partial charge on any atom is -0.381 e. The van der Waals surface area contributed by atoms with E-state index < -0.39 is 0 Å². The molecule has 0 spiro atoms. The quantitative estimate of drug-likeness (QED) is 0.486. The predicted molar refractivity (Wildman–Crippen MR) is 71.7 cm³/mol. The minimum atomic E-state index is 0.856. The molecule has 0 aromatic heterocycles. The van der Waals surface area contributed by atoms with Crippen molar-refractivity contribution in [2.75, 3.05) is 19.8 Å². The minimum absolute atomic E-state index is 0.856. The molecule has 0 saturated heterocycles. The van der Waals surface area contributed by atoms with Crippen molar-refractivity contribution < 1.29 is 4.74 Å². The molecule has 2 N–H and O–H groups in total. The third kappa shape index (κ3) is 13.9. The Balaban J connectivity index is 2.83. The summed E-state index contributed by atoms with van der Waals surface area (Å²) in [6.45, 7) is 4.98. The number of hydrogen-bond donors (Lipinski definition) is 1. The standard InChI is InChI=1S/C14H31NO/c1-2-3-13-16-14-11-9-7-5-4-6-8-10-12-15/h2-15H2,1H3. The molecule has 0 unspecified atom stereocenters. The topological polar surface area (TPSA) is 35.2 Å². The van der Waals surface area contributed by atoms with E-state index in [1.54, 1.807) is 0 Å². The van der Waals surface area contributed by atoms with E-state index in [0.717, 1.165) is 19.8 Å². The molecule has 0 atom stereocenters. The molecule has 0 rings (SSSR count). The Morgan fingerprint density at radius 2 is 1.19 bits per heavy atom. The Morgan fingerprint density at radius 1 is 0.688 bits per heavy atom. The van der Waals surface area contributed by atoms with E-state index in [9.17, 15) is 0 Å². The van der Waals surface area contributed by atoms with E-state index in [4.69, 9.17) is 10.5 Å². The van der Waals surface area contributed by atoms with Crippen LogP contribution in [-0.2, 0) is 4.74 Å². The van der Waals surface area contributed by atoms with E-state index in [2.05, 4.69) is 6.92 Å². The fourth-order valence-corrected chi connectivity index (χ4v) is 1.76. The van der Waals surface area contributed by atoms with Gasteiger partial charge in [0.1, 0.15) is 0 Å². The lowest BCUT2D eigenvalue weighted by Crippen LogP contribution is -1.97. The summed E-state index contributed by atoms with van der Waals surface area (Å²) in [5.41, 5.74) is 5.45. The summed E-state index contributed by atoms with van der Waals surface area (Å²) in [5, 5.41) is 0. The maximum Gasteiger partial charge on any atom is 0.0466 e. The highest BCUT2D eigenvalue weighted by atomic mass is 16.5. The Hall–Kier alpha value is -0.0800. The highest BCUT2D eigenvalue weighted by Crippen LogP contribution is 2.08. The first-order valence-corrected chi connectivity index (χ1v) is 7.19. The summed E-state index contributed by atoms with van der Waals surface area (Å²) >= 11 is 0. The molecule has 0 aromatic carbocycles. The van der Waals surface area contributed by atoms with E-state index >= 15 is 0 Å². The van der Waals surface area contributed by atoms with Gasteiger partial charge in [0, 0.05) is 13.2 Å². The summed E-state index contributed by atoms with van der Waals surface area (Å²) in [5.74, 6) is 0. The zero-order valence-corrected chi connectivity index (χ0v) is 11.2. The van der Waals surface area contributed by atoms with Crippen molar-refractivity contribution in [1.29, 1.82) is 0 Å². The number of unbranched alkanes of at least 4 members (excludes halogenated alkanes) is 8. The molecule has 0 aliphatic rings. The maximum absolute atomic E-state index is 5.52. The summed E-state index contributed by atoms with van der Waals surface area (Å²) < 4.78 is 5.52. The largest absolute Gasteiger partial charge is 0.381 e. The average Bonchev–Trinajstić information content (AvgIpc) is 2.31. The lowest BCUT2D eigenvalue weighted by Gasteiger charge is -2.03. The number of ether oxygens (including phenoxy) is 1. The van der Waals surface area contributed by atoms with Crippen LogP contribution in [0.4, 0.5) is 0 Å². The van der Waals surface area contributed by atoms with Crippen molar-refractivity contribution in [3.63, 3.8) is 0 Å². The normalized spacial score (nSPS) is 10.9. The molecular weight excluding hydrogens is 198 g/mol. The Labute approximate surface area is 102 Å². The van der Waals surface area contributed by atoms with Crippen molar-refractivity contribution in [1.82, 2.24) is 0 Å². The van der Waals surface area contributed by atoms with E-state index in [1.807, 2.05) is 0 Å².